The van der Waals surface area contributed by atoms with Gasteiger partial charge in [0.2, 0.25) is 0 Å². The minimum Gasteiger partial charge on any atom is -0.385 e. The number of thiazole rings is 1. The predicted octanol–water partition coefficient (Wildman–Crippen LogP) is 3.29. The van der Waals surface area contributed by atoms with E-state index in [4.69, 9.17) is 10.5 Å². The van der Waals surface area contributed by atoms with Crippen LogP contribution in [-0.2, 0) is 16.7 Å². The van der Waals surface area contributed by atoms with Crippen LogP contribution in [0.2, 0.25) is 0 Å². The molecule has 1 aliphatic rings. The molecular weight excluding hydrogens is 403 g/mol. The van der Waals surface area contributed by atoms with Crippen molar-refractivity contribution in [3.63, 3.8) is 0 Å². The molecule has 146 valence electrons. The number of nitrogens with two attached hydrogens (primary N) is 1. The first-order chi connectivity index (χ1) is 12.3. The SMILES string of the molecule is Cc1cnc(C(=O)Cc2ccc(F)c([C@]3(C(F)F)COCC(N)=N3)c2)s1.Cl. The first kappa shape index (κ1) is 21.3. The number of ketones is 1. The maximum Gasteiger partial charge on any atom is 0.269 e. The molecule has 27 heavy (non-hydrogen) atoms. The molecule has 0 unspecified atom stereocenters. The maximum atomic E-state index is 14.4. The molecule has 2 N–H and O–H groups in total. The highest BCUT2D eigenvalue weighted by molar-refractivity contribution is 7.13. The van der Waals surface area contributed by atoms with E-state index in [0.717, 1.165) is 10.9 Å². The van der Waals surface area contributed by atoms with Crippen LogP contribution in [0.1, 0.15) is 25.8 Å². The second kappa shape index (κ2) is 8.37. The highest BCUT2D eigenvalue weighted by Crippen LogP contribution is 2.37. The van der Waals surface area contributed by atoms with Gasteiger partial charge in [-0.1, -0.05) is 6.07 Å². The van der Waals surface area contributed by atoms with Crippen LogP contribution in [0.5, 0.6) is 0 Å². The Kier molecular flexibility index (Phi) is 6.61. The summed E-state index contributed by atoms with van der Waals surface area (Å²) in [4.78, 5) is 21.0. The van der Waals surface area contributed by atoms with Gasteiger partial charge in [0.15, 0.2) is 16.3 Å². The summed E-state index contributed by atoms with van der Waals surface area (Å²) in [7, 11) is 0. The number of aryl methyl sites for hydroxylation is 1. The third kappa shape index (κ3) is 4.31. The van der Waals surface area contributed by atoms with Crippen LogP contribution >= 0.6 is 23.7 Å². The van der Waals surface area contributed by atoms with E-state index in [9.17, 15) is 18.0 Å². The van der Waals surface area contributed by atoms with E-state index in [1.54, 1.807) is 6.20 Å². The largest absolute Gasteiger partial charge is 0.385 e. The van der Waals surface area contributed by atoms with Crippen LogP contribution in [0.4, 0.5) is 13.2 Å². The Hall–Kier alpha value is -1.97. The fourth-order valence-electron chi connectivity index (χ4n) is 2.76. The summed E-state index contributed by atoms with van der Waals surface area (Å²) in [6.07, 6.45) is -1.53. The molecule has 0 amide bonds. The number of alkyl halides is 2. The first-order valence-corrected chi connectivity index (χ1v) is 8.58. The number of Topliss-reactive ketones (excluding diaryl/α,β-unsaturated/α-hetero) is 1. The van der Waals surface area contributed by atoms with E-state index >= 15 is 0 Å². The van der Waals surface area contributed by atoms with Crippen molar-refractivity contribution in [1.29, 1.82) is 0 Å². The Balaban J connectivity index is 0.00000261. The number of halogens is 4. The van der Waals surface area contributed by atoms with Gasteiger partial charge in [-0.2, -0.15) is 0 Å². The molecule has 0 radical (unpaired) electrons. The Morgan fingerprint density at radius 1 is 1.44 bits per heavy atom. The summed E-state index contributed by atoms with van der Waals surface area (Å²) in [6, 6.07) is 3.66. The average molecular weight is 420 g/mol. The lowest BCUT2D eigenvalue weighted by Gasteiger charge is -2.33. The van der Waals surface area contributed by atoms with E-state index in [1.807, 2.05) is 6.92 Å². The first-order valence-electron chi connectivity index (χ1n) is 7.76. The molecule has 0 saturated carbocycles. The quantitative estimate of drug-likeness (QED) is 0.754. The molecule has 1 aromatic carbocycles. The van der Waals surface area contributed by atoms with Gasteiger partial charge in [0.1, 0.15) is 18.3 Å². The molecular formula is C17H17ClF3N3O2S. The number of hydrogen-bond donors (Lipinski definition) is 1. The summed E-state index contributed by atoms with van der Waals surface area (Å²) in [6.45, 7) is 1.24. The fraction of sp³-hybridized carbons (Fsp3) is 0.353. The van der Waals surface area contributed by atoms with Crippen molar-refractivity contribution in [2.45, 2.75) is 25.3 Å². The smallest absolute Gasteiger partial charge is 0.269 e. The van der Waals surface area contributed by atoms with E-state index in [1.165, 1.54) is 23.5 Å². The van der Waals surface area contributed by atoms with Crippen molar-refractivity contribution in [2.75, 3.05) is 13.2 Å². The lowest BCUT2D eigenvalue weighted by molar-refractivity contribution is -0.0146. The lowest BCUT2D eigenvalue weighted by Crippen LogP contribution is -2.45. The zero-order chi connectivity index (χ0) is 18.9. The highest BCUT2D eigenvalue weighted by Gasteiger charge is 2.46. The number of aliphatic imine (C=N–C) groups is 1. The Labute approximate surface area is 163 Å². The molecule has 10 heteroatoms. The fourth-order valence-corrected chi connectivity index (χ4v) is 3.46. The zero-order valence-corrected chi connectivity index (χ0v) is 15.9. The van der Waals surface area contributed by atoms with Gasteiger partial charge >= 0.3 is 0 Å². The number of carbonyl (C=O) groups is 1. The number of nitrogens with zero attached hydrogens (tertiary/aromatic N) is 2. The van der Waals surface area contributed by atoms with Gasteiger partial charge in [0, 0.05) is 23.1 Å². The average Bonchev–Trinajstić information content (AvgIpc) is 3.03. The lowest BCUT2D eigenvalue weighted by atomic mass is 9.88. The van der Waals surface area contributed by atoms with Crippen molar-refractivity contribution in [1.82, 2.24) is 4.98 Å². The molecule has 0 aliphatic carbocycles. The van der Waals surface area contributed by atoms with Crippen molar-refractivity contribution in [3.05, 3.63) is 51.2 Å². The van der Waals surface area contributed by atoms with Crippen LogP contribution in [0, 0.1) is 12.7 Å². The molecule has 1 aromatic heterocycles. The van der Waals surface area contributed by atoms with Gasteiger partial charge in [-0.3, -0.25) is 9.79 Å². The van der Waals surface area contributed by atoms with E-state index in [0.29, 0.717) is 10.6 Å². The molecule has 2 heterocycles. The monoisotopic (exact) mass is 419 g/mol. The van der Waals surface area contributed by atoms with Crippen LogP contribution < -0.4 is 5.73 Å². The van der Waals surface area contributed by atoms with Crippen LogP contribution in [0.3, 0.4) is 0 Å². The van der Waals surface area contributed by atoms with Crippen LogP contribution in [0.15, 0.2) is 29.4 Å². The molecule has 0 saturated heterocycles. The van der Waals surface area contributed by atoms with E-state index in [-0.39, 0.29) is 42.6 Å². The number of amidine groups is 1. The minimum absolute atomic E-state index is 0. The number of benzene rings is 1. The standard InChI is InChI=1S/C17H16F3N3O2S.ClH/c1-9-6-22-15(26-9)13(24)5-10-2-3-12(18)11(4-10)17(16(19)20)8-25-7-14(21)23-17;/h2-4,6,16H,5,7-8H2,1H3,(H2,21,23);1H/t17-;/m0./s1. The third-order valence-corrected chi connectivity index (χ3v) is 4.95. The zero-order valence-electron chi connectivity index (χ0n) is 14.2. The number of hydrogen-bond acceptors (Lipinski definition) is 6. The number of ether oxygens (including phenoxy) is 1. The summed E-state index contributed by atoms with van der Waals surface area (Å²) >= 11 is 1.24. The van der Waals surface area contributed by atoms with Crippen LogP contribution in [0.25, 0.3) is 0 Å². The Morgan fingerprint density at radius 3 is 2.78 bits per heavy atom. The van der Waals surface area contributed by atoms with Gasteiger partial charge in [-0.15, -0.1) is 23.7 Å². The van der Waals surface area contributed by atoms with Gasteiger partial charge in [-0.25, -0.2) is 18.2 Å². The topological polar surface area (TPSA) is 77.6 Å². The van der Waals surface area contributed by atoms with Crippen molar-refractivity contribution in [2.24, 2.45) is 10.7 Å². The molecule has 0 bridgehead atoms. The maximum absolute atomic E-state index is 14.4. The van der Waals surface area contributed by atoms with E-state index in [2.05, 4.69) is 9.98 Å². The number of rotatable bonds is 5. The molecule has 2 aromatic rings. The predicted molar refractivity (Wildman–Crippen MR) is 98.7 cm³/mol. The number of aromatic nitrogens is 1. The van der Waals surface area contributed by atoms with Gasteiger partial charge in [0.05, 0.1) is 6.61 Å². The Bertz CT molecular complexity index is 875. The summed E-state index contributed by atoms with van der Waals surface area (Å²) in [5.41, 5.74) is 3.37. The summed E-state index contributed by atoms with van der Waals surface area (Å²) in [5, 5.41) is 0.320. The highest BCUT2D eigenvalue weighted by atomic mass is 35.5. The second-order valence-corrected chi connectivity index (χ2v) is 7.25. The summed E-state index contributed by atoms with van der Waals surface area (Å²) < 4.78 is 47.0. The van der Waals surface area contributed by atoms with Gasteiger partial charge < -0.3 is 10.5 Å². The van der Waals surface area contributed by atoms with E-state index < -0.39 is 24.4 Å². The van der Waals surface area contributed by atoms with Gasteiger partial charge in [0.25, 0.3) is 6.43 Å². The van der Waals surface area contributed by atoms with Crippen LogP contribution in [-0.4, -0.2) is 36.2 Å². The molecule has 1 aliphatic heterocycles. The molecule has 1 atom stereocenters. The molecule has 5 nitrogen and oxygen atoms in total. The summed E-state index contributed by atoms with van der Waals surface area (Å²) in [5.74, 6) is -1.25. The van der Waals surface area contributed by atoms with Gasteiger partial charge in [-0.05, 0) is 24.6 Å². The molecule has 0 fully saturated rings. The molecule has 3 rings (SSSR count). The van der Waals surface area contributed by atoms with Crippen molar-refractivity contribution < 1.29 is 22.7 Å². The van der Waals surface area contributed by atoms with Crippen molar-refractivity contribution >= 4 is 35.4 Å². The van der Waals surface area contributed by atoms with Crippen molar-refractivity contribution in [3.8, 4) is 0 Å². The molecule has 0 spiro atoms. The second-order valence-electron chi connectivity index (χ2n) is 6.01. The number of carbonyl (C=O) groups excluding carboxylic acids is 1. The third-order valence-electron chi connectivity index (χ3n) is 4.00. The normalized spacial score (nSPS) is 19.5. The minimum atomic E-state index is -3.02. The Morgan fingerprint density at radius 2 is 2.19 bits per heavy atom.